The van der Waals surface area contributed by atoms with E-state index in [2.05, 4.69) is 22.5 Å². The zero-order valence-corrected chi connectivity index (χ0v) is 24.4. The van der Waals surface area contributed by atoms with Gasteiger partial charge in [-0.15, -0.1) is 0 Å². The molecule has 0 amide bonds. The number of piperidine rings is 1. The van der Waals surface area contributed by atoms with Gasteiger partial charge in [0.15, 0.2) is 18.3 Å². The van der Waals surface area contributed by atoms with Crippen molar-refractivity contribution in [3.63, 3.8) is 0 Å². The Morgan fingerprint density at radius 1 is 1.05 bits per heavy atom. The molecule has 1 aromatic carbocycles. The van der Waals surface area contributed by atoms with Crippen LogP contribution in [0.5, 0.6) is 0 Å². The minimum Gasteiger partial charge on any atom is -0.457 e. The Morgan fingerprint density at radius 2 is 1.66 bits per heavy atom. The van der Waals surface area contributed by atoms with E-state index in [1.165, 1.54) is 13.8 Å². The zero-order valence-electron chi connectivity index (χ0n) is 22.0. The molecular formula is C25H35BrNO10P. The van der Waals surface area contributed by atoms with Gasteiger partial charge in [-0.3, -0.25) is 19.1 Å². The SMILES string of the molecule is C=C(CN1C[C@H](OC(C)=O)[C@@H](OC(C)=O)[C@H](OC(=O)c2ccccc2CBr)[C@H]1CO)P(=O)(OCC)OCC. The quantitative estimate of drug-likeness (QED) is 0.150. The normalized spacial score (nSPS) is 21.9. The molecule has 1 fully saturated rings. The third-order valence-electron chi connectivity index (χ3n) is 5.75. The van der Waals surface area contributed by atoms with E-state index in [0.717, 1.165) is 0 Å². The van der Waals surface area contributed by atoms with Gasteiger partial charge in [0.25, 0.3) is 0 Å². The van der Waals surface area contributed by atoms with E-state index in [9.17, 15) is 24.1 Å². The molecule has 1 saturated heterocycles. The number of benzene rings is 1. The highest BCUT2D eigenvalue weighted by molar-refractivity contribution is 9.08. The lowest BCUT2D eigenvalue weighted by Crippen LogP contribution is -2.65. The molecule has 1 aliphatic heterocycles. The van der Waals surface area contributed by atoms with Crippen molar-refractivity contribution in [2.24, 2.45) is 0 Å². The molecule has 0 aliphatic carbocycles. The lowest BCUT2D eigenvalue weighted by atomic mass is 9.93. The van der Waals surface area contributed by atoms with Crippen molar-refractivity contribution in [2.45, 2.75) is 57.4 Å². The van der Waals surface area contributed by atoms with Crippen LogP contribution in [-0.2, 0) is 42.7 Å². The standard InChI is InChI=1S/C25H35BrNO10P/c1-6-33-38(32,34-7-2)16(3)13-27-14-22(35-17(4)29)24(36-18(5)30)23(21(27)15-28)37-25(31)20-11-9-8-10-19(20)12-26/h8-11,21-24,28H,3,6-7,12-15H2,1-2,4-5H3/t21-,22+,23-,24-/m1/s1. The maximum absolute atomic E-state index is 13.3. The molecule has 0 bridgehead atoms. The summed E-state index contributed by atoms with van der Waals surface area (Å²) in [6.45, 7) is 9.10. The summed E-state index contributed by atoms with van der Waals surface area (Å²) in [7, 11) is -3.73. The first-order valence-electron chi connectivity index (χ1n) is 12.1. The van der Waals surface area contributed by atoms with E-state index >= 15 is 0 Å². The first-order chi connectivity index (χ1) is 18.0. The van der Waals surface area contributed by atoms with Gasteiger partial charge in [-0.05, 0) is 25.5 Å². The fourth-order valence-electron chi connectivity index (χ4n) is 4.21. The van der Waals surface area contributed by atoms with Crippen LogP contribution in [0.3, 0.4) is 0 Å². The highest BCUT2D eigenvalue weighted by Crippen LogP contribution is 2.55. The molecule has 38 heavy (non-hydrogen) atoms. The van der Waals surface area contributed by atoms with Crippen LogP contribution in [0.25, 0.3) is 0 Å². The van der Waals surface area contributed by atoms with E-state index in [4.69, 9.17) is 23.3 Å². The molecule has 0 saturated carbocycles. The van der Waals surface area contributed by atoms with Crippen molar-refractivity contribution < 1.29 is 47.3 Å². The molecule has 1 aromatic rings. The molecule has 0 spiro atoms. The van der Waals surface area contributed by atoms with Gasteiger partial charge in [-0.25, -0.2) is 4.79 Å². The number of ether oxygens (including phenoxy) is 3. The third kappa shape index (κ3) is 8.21. The van der Waals surface area contributed by atoms with Crippen LogP contribution in [0.1, 0.15) is 43.6 Å². The summed E-state index contributed by atoms with van der Waals surface area (Å²) in [5, 5.41) is 10.9. The average Bonchev–Trinajstić information content (AvgIpc) is 2.85. The Bertz CT molecular complexity index is 1040. The highest BCUT2D eigenvalue weighted by Gasteiger charge is 2.50. The number of aliphatic hydroxyl groups is 1. The van der Waals surface area contributed by atoms with Gasteiger partial charge in [0.05, 0.1) is 31.4 Å². The lowest BCUT2D eigenvalue weighted by molar-refractivity contribution is -0.196. The predicted octanol–water partition coefficient (Wildman–Crippen LogP) is 3.43. The van der Waals surface area contributed by atoms with E-state index < -0.39 is 56.5 Å². The molecule has 13 heteroatoms. The molecule has 1 heterocycles. The average molecular weight is 620 g/mol. The van der Waals surface area contributed by atoms with Crippen LogP contribution in [-0.4, -0.2) is 85.2 Å². The van der Waals surface area contributed by atoms with Gasteiger partial charge in [-0.1, -0.05) is 40.7 Å². The smallest absolute Gasteiger partial charge is 0.358 e. The number of nitrogens with zero attached hydrogens (tertiary/aromatic N) is 1. The van der Waals surface area contributed by atoms with Gasteiger partial charge in [0, 0.05) is 37.6 Å². The number of likely N-dealkylation sites (tertiary alicyclic amines) is 1. The Kier molecular flexibility index (Phi) is 12.6. The summed E-state index contributed by atoms with van der Waals surface area (Å²) >= 11 is 3.35. The van der Waals surface area contributed by atoms with Crippen molar-refractivity contribution in [1.82, 2.24) is 4.90 Å². The fourth-order valence-corrected chi connectivity index (χ4v) is 6.17. The number of carbonyl (C=O) groups excluding carboxylic acids is 3. The van der Waals surface area contributed by atoms with Crippen LogP contribution in [0, 0.1) is 0 Å². The Labute approximate surface area is 231 Å². The number of hydrogen-bond acceptors (Lipinski definition) is 11. The van der Waals surface area contributed by atoms with E-state index in [1.54, 1.807) is 43.0 Å². The zero-order chi connectivity index (χ0) is 28.5. The Morgan fingerprint density at radius 3 is 2.18 bits per heavy atom. The van der Waals surface area contributed by atoms with Crippen molar-refractivity contribution in [3.8, 4) is 0 Å². The van der Waals surface area contributed by atoms with Gasteiger partial charge in [0.2, 0.25) is 0 Å². The first kappa shape index (κ1) is 32.1. The lowest BCUT2D eigenvalue weighted by Gasteiger charge is -2.46. The summed E-state index contributed by atoms with van der Waals surface area (Å²) in [5.41, 5.74) is 0.930. The second kappa shape index (κ2) is 14.9. The number of aliphatic hydroxyl groups excluding tert-OH is 1. The molecular weight excluding hydrogens is 585 g/mol. The van der Waals surface area contributed by atoms with Gasteiger partial charge >= 0.3 is 25.5 Å². The summed E-state index contributed by atoms with van der Waals surface area (Å²) in [4.78, 5) is 38.8. The van der Waals surface area contributed by atoms with Crippen molar-refractivity contribution in [3.05, 3.63) is 47.3 Å². The fraction of sp³-hybridized carbons (Fsp3) is 0.560. The maximum atomic E-state index is 13.3. The van der Waals surface area contributed by atoms with Gasteiger partial charge in [0.1, 0.15) is 0 Å². The van der Waals surface area contributed by atoms with E-state index in [1.807, 2.05) is 0 Å². The molecule has 0 unspecified atom stereocenters. The van der Waals surface area contributed by atoms with Crippen LogP contribution < -0.4 is 0 Å². The molecule has 11 nitrogen and oxygen atoms in total. The summed E-state index contributed by atoms with van der Waals surface area (Å²) in [6.07, 6.45) is -3.55. The highest BCUT2D eigenvalue weighted by atomic mass is 79.9. The number of halogens is 1. The molecule has 2 rings (SSSR count). The van der Waals surface area contributed by atoms with Crippen LogP contribution >= 0.6 is 23.5 Å². The van der Waals surface area contributed by atoms with Crippen LogP contribution in [0.15, 0.2) is 36.2 Å². The monoisotopic (exact) mass is 619 g/mol. The van der Waals surface area contributed by atoms with Crippen LogP contribution in [0.2, 0.25) is 0 Å². The van der Waals surface area contributed by atoms with Crippen molar-refractivity contribution in [2.75, 3.05) is 32.9 Å². The number of alkyl halides is 1. The summed E-state index contributed by atoms with van der Waals surface area (Å²) in [5.74, 6) is -2.07. The number of carbonyl (C=O) groups is 3. The van der Waals surface area contributed by atoms with E-state index in [0.29, 0.717) is 10.9 Å². The maximum Gasteiger partial charge on any atom is 0.358 e. The van der Waals surface area contributed by atoms with Crippen molar-refractivity contribution in [1.29, 1.82) is 0 Å². The Hall–Kier alpha value is -2.08. The molecule has 1 aliphatic rings. The van der Waals surface area contributed by atoms with E-state index in [-0.39, 0.29) is 37.2 Å². The molecule has 1 N–H and O–H groups in total. The molecule has 4 atom stereocenters. The molecule has 0 aromatic heterocycles. The summed E-state index contributed by atoms with van der Waals surface area (Å²) in [6, 6.07) is 5.83. The number of hydrogen-bond donors (Lipinski definition) is 1. The largest absolute Gasteiger partial charge is 0.457 e. The second-order valence-electron chi connectivity index (χ2n) is 8.46. The topological polar surface area (TPSA) is 138 Å². The Balaban J connectivity index is 2.50. The first-order valence-corrected chi connectivity index (χ1v) is 14.8. The van der Waals surface area contributed by atoms with Crippen LogP contribution in [0.4, 0.5) is 0 Å². The molecule has 0 radical (unpaired) electrons. The third-order valence-corrected chi connectivity index (χ3v) is 8.47. The minimum atomic E-state index is -3.73. The minimum absolute atomic E-state index is 0.0495. The second-order valence-corrected chi connectivity index (χ2v) is 11.2. The van der Waals surface area contributed by atoms with Gasteiger partial charge in [-0.2, -0.15) is 0 Å². The number of esters is 3. The predicted molar refractivity (Wildman–Crippen MR) is 142 cm³/mol. The van der Waals surface area contributed by atoms with Gasteiger partial charge < -0.3 is 28.4 Å². The molecule has 212 valence electrons. The number of rotatable bonds is 13. The summed E-state index contributed by atoms with van der Waals surface area (Å²) < 4.78 is 40.8. The van der Waals surface area contributed by atoms with Crippen molar-refractivity contribution >= 4 is 41.4 Å².